The van der Waals surface area contributed by atoms with Crippen LogP contribution in [-0.4, -0.2) is 18.1 Å². The van der Waals surface area contributed by atoms with Crippen molar-refractivity contribution in [2.75, 3.05) is 18.1 Å². The van der Waals surface area contributed by atoms with E-state index in [1.807, 2.05) is 12.1 Å². The van der Waals surface area contributed by atoms with Crippen molar-refractivity contribution in [3.63, 3.8) is 0 Å². The van der Waals surface area contributed by atoms with E-state index in [1.165, 1.54) is 12.1 Å². The molecular formula is C13H15FN2S. The minimum atomic E-state index is -0.359. The lowest BCUT2D eigenvalue weighted by Gasteiger charge is -2.05. The first-order valence-electron chi connectivity index (χ1n) is 5.35. The summed E-state index contributed by atoms with van der Waals surface area (Å²) in [5.41, 5.74) is 1.16. The van der Waals surface area contributed by atoms with Gasteiger partial charge in [0, 0.05) is 24.6 Å². The Morgan fingerprint density at radius 1 is 1.47 bits per heavy atom. The van der Waals surface area contributed by atoms with Gasteiger partial charge >= 0.3 is 0 Å². The molecular weight excluding hydrogens is 235 g/mol. The van der Waals surface area contributed by atoms with E-state index in [4.69, 9.17) is 5.26 Å². The van der Waals surface area contributed by atoms with Crippen LogP contribution in [0.25, 0.3) is 0 Å². The third kappa shape index (κ3) is 5.53. The minimum absolute atomic E-state index is 0.359. The number of benzene rings is 1. The Kier molecular flexibility index (Phi) is 6.38. The first kappa shape index (κ1) is 13.8. The number of thioether (sulfide) groups is 1. The number of nitrogens with one attached hydrogen (secondary N) is 1. The number of nitrogens with zero attached hydrogens (tertiary/aromatic N) is 1. The van der Waals surface area contributed by atoms with Crippen LogP contribution < -0.4 is 5.32 Å². The third-order valence-electron chi connectivity index (χ3n) is 2.07. The van der Waals surface area contributed by atoms with E-state index in [0.29, 0.717) is 12.1 Å². The molecule has 1 aromatic carbocycles. The fourth-order valence-corrected chi connectivity index (χ4v) is 1.98. The normalized spacial score (nSPS) is 9.88. The van der Waals surface area contributed by atoms with Crippen molar-refractivity contribution >= 4 is 11.8 Å². The molecule has 90 valence electrons. The summed E-state index contributed by atoms with van der Waals surface area (Å²) >= 11 is 1.79. The quantitative estimate of drug-likeness (QED) is 0.597. The van der Waals surface area contributed by atoms with Gasteiger partial charge in [-0.15, -0.1) is 6.58 Å². The SMILES string of the molecule is C=CCSCCNCc1cc(F)cc(C#N)c1. The van der Waals surface area contributed by atoms with Gasteiger partial charge in [0.2, 0.25) is 0 Å². The lowest BCUT2D eigenvalue weighted by atomic mass is 10.1. The number of hydrogen-bond donors (Lipinski definition) is 1. The van der Waals surface area contributed by atoms with Gasteiger partial charge in [-0.2, -0.15) is 17.0 Å². The zero-order valence-corrected chi connectivity index (χ0v) is 10.4. The van der Waals surface area contributed by atoms with Crippen LogP contribution in [0.3, 0.4) is 0 Å². The third-order valence-corrected chi connectivity index (χ3v) is 3.04. The summed E-state index contributed by atoms with van der Waals surface area (Å²) in [6.45, 7) is 5.08. The van der Waals surface area contributed by atoms with E-state index in [9.17, 15) is 4.39 Å². The number of hydrogen-bond acceptors (Lipinski definition) is 3. The Labute approximate surface area is 106 Å². The van der Waals surface area contributed by atoms with Crippen LogP contribution in [0.2, 0.25) is 0 Å². The van der Waals surface area contributed by atoms with Crippen LogP contribution >= 0.6 is 11.8 Å². The molecule has 0 aliphatic rings. The van der Waals surface area contributed by atoms with Crippen molar-refractivity contribution in [3.8, 4) is 6.07 Å². The highest BCUT2D eigenvalue weighted by atomic mass is 32.2. The summed E-state index contributed by atoms with van der Waals surface area (Å²) in [6.07, 6.45) is 1.87. The molecule has 1 N–H and O–H groups in total. The van der Waals surface area contributed by atoms with Crippen molar-refractivity contribution < 1.29 is 4.39 Å². The largest absolute Gasteiger partial charge is 0.312 e. The van der Waals surface area contributed by atoms with Crippen LogP contribution in [-0.2, 0) is 6.54 Å². The van der Waals surface area contributed by atoms with Crippen molar-refractivity contribution in [2.24, 2.45) is 0 Å². The zero-order valence-electron chi connectivity index (χ0n) is 9.58. The molecule has 0 spiro atoms. The number of halogens is 1. The maximum Gasteiger partial charge on any atom is 0.124 e. The summed E-state index contributed by atoms with van der Waals surface area (Å²) in [5, 5.41) is 11.9. The van der Waals surface area contributed by atoms with Gasteiger partial charge in [0.1, 0.15) is 5.82 Å². The van der Waals surface area contributed by atoms with Crippen LogP contribution in [0.1, 0.15) is 11.1 Å². The van der Waals surface area contributed by atoms with E-state index in [0.717, 1.165) is 23.6 Å². The number of nitriles is 1. The molecule has 0 saturated heterocycles. The summed E-state index contributed by atoms with van der Waals surface area (Å²) in [4.78, 5) is 0. The van der Waals surface area contributed by atoms with Gasteiger partial charge in [0.15, 0.2) is 0 Å². The standard InChI is InChI=1S/C13H15FN2S/c1-2-4-17-5-3-16-10-12-6-11(9-15)7-13(14)8-12/h2,6-8,16H,1,3-5,10H2. The Bertz CT molecular complexity index is 412. The topological polar surface area (TPSA) is 35.8 Å². The highest BCUT2D eigenvalue weighted by molar-refractivity contribution is 7.99. The van der Waals surface area contributed by atoms with Gasteiger partial charge in [-0.05, 0) is 23.8 Å². The van der Waals surface area contributed by atoms with Crippen LogP contribution in [0, 0.1) is 17.1 Å². The van der Waals surface area contributed by atoms with Crippen molar-refractivity contribution in [3.05, 3.63) is 47.8 Å². The lowest BCUT2D eigenvalue weighted by molar-refractivity contribution is 0.621. The average molecular weight is 250 g/mol. The second-order valence-corrected chi connectivity index (χ2v) is 4.65. The Hall–Kier alpha value is -1.31. The maximum atomic E-state index is 13.1. The van der Waals surface area contributed by atoms with Crippen LogP contribution in [0.5, 0.6) is 0 Å². The molecule has 0 amide bonds. The van der Waals surface area contributed by atoms with Crippen LogP contribution in [0.15, 0.2) is 30.9 Å². The molecule has 0 radical (unpaired) electrons. The smallest absolute Gasteiger partial charge is 0.124 e. The number of rotatable bonds is 7. The summed E-state index contributed by atoms with van der Waals surface area (Å²) in [7, 11) is 0. The summed E-state index contributed by atoms with van der Waals surface area (Å²) in [6, 6.07) is 6.33. The summed E-state index contributed by atoms with van der Waals surface area (Å²) in [5.74, 6) is 1.58. The van der Waals surface area contributed by atoms with E-state index < -0.39 is 0 Å². The predicted molar refractivity (Wildman–Crippen MR) is 70.3 cm³/mol. The lowest BCUT2D eigenvalue weighted by Crippen LogP contribution is -2.16. The fourth-order valence-electron chi connectivity index (χ4n) is 1.36. The van der Waals surface area contributed by atoms with Gasteiger partial charge in [-0.1, -0.05) is 6.08 Å². The molecule has 0 atom stereocenters. The molecule has 0 aromatic heterocycles. The fraction of sp³-hybridized carbons (Fsp3) is 0.308. The summed E-state index contributed by atoms with van der Waals surface area (Å²) < 4.78 is 13.1. The second-order valence-electron chi connectivity index (χ2n) is 3.50. The molecule has 0 saturated carbocycles. The van der Waals surface area contributed by atoms with E-state index in [2.05, 4.69) is 11.9 Å². The Morgan fingerprint density at radius 3 is 3.00 bits per heavy atom. The molecule has 0 unspecified atom stereocenters. The molecule has 1 rings (SSSR count). The van der Waals surface area contributed by atoms with Gasteiger partial charge in [-0.3, -0.25) is 0 Å². The van der Waals surface area contributed by atoms with Crippen molar-refractivity contribution in [1.82, 2.24) is 5.32 Å². The first-order chi connectivity index (χ1) is 8.26. The maximum absolute atomic E-state index is 13.1. The molecule has 0 aliphatic carbocycles. The predicted octanol–water partition coefficient (Wildman–Crippen LogP) is 2.71. The van der Waals surface area contributed by atoms with E-state index >= 15 is 0 Å². The Morgan fingerprint density at radius 2 is 2.29 bits per heavy atom. The Balaban J connectivity index is 2.34. The van der Waals surface area contributed by atoms with Crippen LogP contribution in [0.4, 0.5) is 4.39 Å². The molecule has 4 heteroatoms. The highest BCUT2D eigenvalue weighted by Crippen LogP contribution is 2.08. The molecule has 2 nitrogen and oxygen atoms in total. The second kappa shape index (κ2) is 7.88. The average Bonchev–Trinajstić information content (AvgIpc) is 2.33. The molecule has 17 heavy (non-hydrogen) atoms. The van der Waals surface area contributed by atoms with Crippen molar-refractivity contribution in [1.29, 1.82) is 5.26 Å². The van der Waals surface area contributed by atoms with E-state index in [1.54, 1.807) is 17.8 Å². The minimum Gasteiger partial charge on any atom is -0.312 e. The van der Waals surface area contributed by atoms with Gasteiger partial charge < -0.3 is 5.32 Å². The molecule has 0 heterocycles. The van der Waals surface area contributed by atoms with Gasteiger partial charge in [0.25, 0.3) is 0 Å². The highest BCUT2D eigenvalue weighted by Gasteiger charge is 2.00. The first-order valence-corrected chi connectivity index (χ1v) is 6.50. The van der Waals surface area contributed by atoms with Gasteiger partial charge in [-0.25, -0.2) is 4.39 Å². The molecule has 0 bridgehead atoms. The zero-order chi connectivity index (χ0) is 12.5. The monoisotopic (exact) mass is 250 g/mol. The molecule has 1 aromatic rings. The van der Waals surface area contributed by atoms with Gasteiger partial charge in [0.05, 0.1) is 11.6 Å². The molecule has 0 aliphatic heterocycles. The van der Waals surface area contributed by atoms with E-state index in [-0.39, 0.29) is 5.82 Å². The van der Waals surface area contributed by atoms with Crippen molar-refractivity contribution in [2.45, 2.75) is 6.54 Å². The molecule has 0 fully saturated rings.